The van der Waals surface area contributed by atoms with Crippen molar-refractivity contribution >= 4 is 17.7 Å². The number of nitrogens with one attached hydrogen (secondary N) is 1. The quantitative estimate of drug-likeness (QED) is 0.924. The first-order valence-electron chi connectivity index (χ1n) is 8.60. The number of urea groups is 1. The Morgan fingerprint density at radius 2 is 1.92 bits per heavy atom. The van der Waals surface area contributed by atoms with E-state index in [4.69, 9.17) is 0 Å². The molecule has 8 heteroatoms. The number of aromatic nitrogens is 4. The van der Waals surface area contributed by atoms with E-state index in [2.05, 4.69) is 31.3 Å². The summed E-state index contributed by atoms with van der Waals surface area (Å²) in [6.45, 7) is 10.9. The first kappa shape index (κ1) is 17.2. The number of nitrogens with zero attached hydrogens (tertiary/aromatic N) is 6. The summed E-state index contributed by atoms with van der Waals surface area (Å²) in [5.74, 6) is 1.16. The molecule has 8 nitrogen and oxygen atoms in total. The summed E-state index contributed by atoms with van der Waals surface area (Å²) < 4.78 is 1.80. The first-order valence-corrected chi connectivity index (χ1v) is 8.60. The molecule has 0 unspecified atom stereocenters. The number of rotatable bonds is 3. The van der Waals surface area contributed by atoms with E-state index in [9.17, 15) is 4.79 Å². The number of aryl methyl sites for hydroxylation is 2. The number of piperazine rings is 1. The molecule has 0 aliphatic carbocycles. The Balaban J connectivity index is 1.57. The van der Waals surface area contributed by atoms with Gasteiger partial charge in [-0.2, -0.15) is 4.98 Å². The summed E-state index contributed by atoms with van der Waals surface area (Å²) in [5.41, 5.74) is 2.15. The molecule has 3 heterocycles. The molecular formula is C17H25N7O. The second-order valence-electron chi connectivity index (χ2n) is 6.58. The molecule has 1 aliphatic heterocycles. The molecule has 3 rings (SSSR count). The van der Waals surface area contributed by atoms with Crippen LogP contribution >= 0.6 is 0 Å². The van der Waals surface area contributed by atoms with Crippen LogP contribution in [0.3, 0.4) is 0 Å². The Hall–Kier alpha value is -2.64. The van der Waals surface area contributed by atoms with Gasteiger partial charge in [0.05, 0.1) is 0 Å². The molecule has 2 amide bonds. The van der Waals surface area contributed by atoms with Crippen LogP contribution in [-0.2, 0) is 0 Å². The number of carbonyl (C=O) groups excluding carboxylic acids is 1. The molecule has 2 aromatic rings. The van der Waals surface area contributed by atoms with Crippen LogP contribution in [0.4, 0.5) is 16.4 Å². The van der Waals surface area contributed by atoms with Crippen LogP contribution in [0.1, 0.15) is 31.4 Å². The van der Waals surface area contributed by atoms with Gasteiger partial charge in [0.1, 0.15) is 5.82 Å². The number of hydrogen-bond donors (Lipinski definition) is 1. The van der Waals surface area contributed by atoms with Gasteiger partial charge in [0, 0.05) is 49.8 Å². The zero-order valence-electron chi connectivity index (χ0n) is 15.2. The molecule has 1 N–H and O–H groups in total. The predicted molar refractivity (Wildman–Crippen MR) is 96.9 cm³/mol. The Morgan fingerprint density at radius 3 is 2.52 bits per heavy atom. The molecule has 1 aliphatic rings. The minimum absolute atomic E-state index is 0.147. The summed E-state index contributed by atoms with van der Waals surface area (Å²) >= 11 is 0. The average molecular weight is 343 g/mol. The van der Waals surface area contributed by atoms with Gasteiger partial charge < -0.3 is 9.80 Å². The van der Waals surface area contributed by atoms with Crippen LogP contribution in [0.2, 0.25) is 0 Å². The molecule has 0 saturated carbocycles. The largest absolute Gasteiger partial charge is 0.368 e. The second-order valence-corrected chi connectivity index (χ2v) is 6.58. The maximum absolute atomic E-state index is 12.5. The highest BCUT2D eigenvalue weighted by Gasteiger charge is 2.22. The normalized spacial score (nSPS) is 14.9. The zero-order chi connectivity index (χ0) is 18.0. The van der Waals surface area contributed by atoms with Gasteiger partial charge in [-0.1, -0.05) is 0 Å². The average Bonchev–Trinajstić information content (AvgIpc) is 2.95. The molecule has 2 aromatic heterocycles. The second kappa shape index (κ2) is 7.08. The lowest BCUT2D eigenvalue weighted by atomic mass is 10.2. The highest BCUT2D eigenvalue weighted by molar-refractivity contribution is 5.87. The number of anilines is 2. The van der Waals surface area contributed by atoms with E-state index in [1.54, 1.807) is 9.58 Å². The van der Waals surface area contributed by atoms with E-state index < -0.39 is 0 Å². The topological polar surface area (TPSA) is 79.2 Å². The van der Waals surface area contributed by atoms with E-state index in [1.807, 2.05) is 40.0 Å². The minimum atomic E-state index is -0.147. The van der Waals surface area contributed by atoms with Gasteiger partial charge in [0.25, 0.3) is 0 Å². The monoisotopic (exact) mass is 343 g/mol. The SMILES string of the molecule is Cc1cc(N2CCN(C(=O)Nc3nc(C)n(C(C)C)n3)CC2)ccn1. The highest BCUT2D eigenvalue weighted by Crippen LogP contribution is 2.17. The Kier molecular flexibility index (Phi) is 4.87. The van der Waals surface area contributed by atoms with E-state index in [1.165, 1.54) is 0 Å². The lowest BCUT2D eigenvalue weighted by Gasteiger charge is -2.35. The smallest absolute Gasteiger partial charge is 0.324 e. The molecule has 1 saturated heterocycles. The number of hydrogen-bond acceptors (Lipinski definition) is 5. The fourth-order valence-electron chi connectivity index (χ4n) is 3.01. The van der Waals surface area contributed by atoms with Crippen molar-refractivity contribution in [3.8, 4) is 0 Å². The highest BCUT2D eigenvalue weighted by atomic mass is 16.2. The molecule has 0 aromatic carbocycles. The fourth-order valence-corrected chi connectivity index (χ4v) is 3.01. The Bertz CT molecular complexity index is 747. The zero-order valence-corrected chi connectivity index (χ0v) is 15.2. The minimum Gasteiger partial charge on any atom is -0.368 e. The molecular weight excluding hydrogens is 318 g/mol. The van der Waals surface area contributed by atoms with Crippen LogP contribution < -0.4 is 10.2 Å². The molecule has 134 valence electrons. The summed E-state index contributed by atoms with van der Waals surface area (Å²) in [4.78, 5) is 25.1. The predicted octanol–water partition coefficient (Wildman–Crippen LogP) is 2.22. The van der Waals surface area contributed by atoms with E-state index in [-0.39, 0.29) is 12.1 Å². The Morgan fingerprint density at radius 1 is 1.20 bits per heavy atom. The molecule has 0 atom stereocenters. The molecule has 25 heavy (non-hydrogen) atoms. The first-order chi connectivity index (χ1) is 11.9. The fraction of sp³-hybridized carbons (Fsp3) is 0.529. The van der Waals surface area contributed by atoms with Gasteiger partial charge in [-0.3, -0.25) is 10.3 Å². The van der Waals surface area contributed by atoms with Crippen LogP contribution in [0.5, 0.6) is 0 Å². The lowest BCUT2D eigenvalue weighted by molar-refractivity contribution is 0.208. The van der Waals surface area contributed by atoms with Gasteiger partial charge in [-0.05, 0) is 39.8 Å². The van der Waals surface area contributed by atoms with E-state index in [0.717, 1.165) is 30.3 Å². The number of carbonyl (C=O) groups is 1. The van der Waals surface area contributed by atoms with Crippen molar-refractivity contribution in [3.63, 3.8) is 0 Å². The van der Waals surface area contributed by atoms with Crippen molar-refractivity contribution in [2.75, 3.05) is 36.4 Å². The van der Waals surface area contributed by atoms with Crippen LogP contribution in [-0.4, -0.2) is 56.9 Å². The third-order valence-corrected chi connectivity index (χ3v) is 4.32. The van der Waals surface area contributed by atoms with E-state index in [0.29, 0.717) is 19.0 Å². The summed E-state index contributed by atoms with van der Waals surface area (Å²) in [5, 5.41) is 7.15. The molecule has 0 radical (unpaired) electrons. The van der Waals surface area contributed by atoms with Gasteiger partial charge in [0.2, 0.25) is 5.95 Å². The van der Waals surface area contributed by atoms with Crippen molar-refractivity contribution in [1.82, 2.24) is 24.6 Å². The summed E-state index contributed by atoms with van der Waals surface area (Å²) in [6, 6.07) is 4.14. The van der Waals surface area contributed by atoms with Crippen molar-refractivity contribution in [1.29, 1.82) is 0 Å². The lowest BCUT2D eigenvalue weighted by Crippen LogP contribution is -2.50. The third-order valence-electron chi connectivity index (χ3n) is 4.32. The van der Waals surface area contributed by atoms with Crippen LogP contribution in [0.15, 0.2) is 18.3 Å². The maximum Gasteiger partial charge on any atom is 0.324 e. The van der Waals surface area contributed by atoms with Crippen LogP contribution in [0.25, 0.3) is 0 Å². The molecule has 0 bridgehead atoms. The maximum atomic E-state index is 12.5. The summed E-state index contributed by atoms with van der Waals surface area (Å²) in [7, 11) is 0. The van der Waals surface area contributed by atoms with Gasteiger partial charge in [-0.25, -0.2) is 9.48 Å². The standard InChI is InChI=1S/C17H25N7O/c1-12(2)24-14(4)19-16(21-24)20-17(25)23-9-7-22(8-10-23)15-5-6-18-13(3)11-15/h5-6,11-12H,7-10H2,1-4H3,(H,20,21,25). The van der Waals surface area contributed by atoms with Crippen LogP contribution in [0, 0.1) is 13.8 Å². The van der Waals surface area contributed by atoms with Crippen molar-refractivity contribution in [2.45, 2.75) is 33.7 Å². The van der Waals surface area contributed by atoms with Crippen molar-refractivity contribution in [3.05, 3.63) is 29.8 Å². The van der Waals surface area contributed by atoms with Crippen molar-refractivity contribution in [2.24, 2.45) is 0 Å². The number of amides is 2. The third kappa shape index (κ3) is 3.89. The van der Waals surface area contributed by atoms with Gasteiger partial charge in [0.15, 0.2) is 0 Å². The van der Waals surface area contributed by atoms with Crippen molar-refractivity contribution < 1.29 is 4.79 Å². The molecule has 1 fully saturated rings. The summed E-state index contributed by atoms with van der Waals surface area (Å²) in [6.07, 6.45) is 1.82. The molecule has 0 spiro atoms. The van der Waals surface area contributed by atoms with E-state index >= 15 is 0 Å². The van der Waals surface area contributed by atoms with Gasteiger partial charge >= 0.3 is 6.03 Å². The Labute approximate surface area is 147 Å². The number of pyridine rings is 1. The van der Waals surface area contributed by atoms with Gasteiger partial charge in [-0.15, -0.1) is 5.10 Å².